The second kappa shape index (κ2) is 9.49. The summed E-state index contributed by atoms with van der Waals surface area (Å²) in [5.41, 5.74) is 1.14. The van der Waals surface area contributed by atoms with Crippen molar-refractivity contribution in [2.24, 2.45) is 0 Å². The minimum absolute atomic E-state index is 0.286. The average molecular weight is 407 g/mol. The molecule has 0 spiro atoms. The fourth-order valence-electron chi connectivity index (χ4n) is 2.06. The lowest BCUT2D eigenvalue weighted by molar-refractivity contribution is 0.220. The van der Waals surface area contributed by atoms with Crippen LogP contribution in [0, 0.1) is 0 Å². The van der Waals surface area contributed by atoms with E-state index < -0.39 is 0 Å². The van der Waals surface area contributed by atoms with E-state index >= 15 is 0 Å². The molecule has 2 N–H and O–H groups in total. The van der Waals surface area contributed by atoms with Gasteiger partial charge in [0, 0.05) is 24.4 Å². The highest BCUT2D eigenvalue weighted by Gasteiger charge is 2.11. The Kier molecular flexibility index (Phi) is 6.80. The molecule has 3 aromatic rings. The van der Waals surface area contributed by atoms with E-state index in [1.165, 1.54) is 16.4 Å². The van der Waals surface area contributed by atoms with Gasteiger partial charge in [-0.05, 0) is 24.6 Å². The van der Waals surface area contributed by atoms with Gasteiger partial charge in [-0.25, -0.2) is 4.98 Å². The molecule has 0 atom stereocenters. The first-order valence-electron chi connectivity index (χ1n) is 8.20. The smallest absolute Gasteiger partial charge is 0.258 e. The van der Waals surface area contributed by atoms with Gasteiger partial charge in [-0.15, -0.1) is 5.10 Å². The summed E-state index contributed by atoms with van der Waals surface area (Å²) in [4.78, 5) is 17.3. The third kappa shape index (κ3) is 5.52. The van der Waals surface area contributed by atoms with Crippen LogP contribution in [-0.4, -0.2) is 50.1 Å². The first kappa shape index (κ1) is 19.3. The Morgan fingerprint density at radius 2 is 1.85 bits per heavy atom. The van der Waals surface area contributed by atoms with E-state index in [1.54, 1.807) is 13.4 Å². The highest BCUT2D eigenvalue weighted by molar-refractivity contribution is 7.98. The van der Waals surface area contributed by atoms with E-state index in [4.69, 9.17) is 16.3 Å². The van der Waals surface area contributed by atoms with Crippen molar-refractivity contribution < 1.29 is 4.74 Å². The van der Waals surface area contributed by atoms with Crippen molar-refractivity contribution in [2.75, 3.05) is 31.0 Å². The second-order valence-corrected chi connectivity index (χ2v) is 6.69. The average Bonchev–Trinajstić information content (AvgIpc) is 3.15. The summed E-state index contributed by atoms with van der Waals surface area (Å²) < 4.78 is 6.52. The number of aromatic nitrogens is 6. The predicted octanol–water partition coefficient (Wildman–Crippen LogP) is 2.85. The molecule has 0 fully saturated rings. The summed E-state index contributed by atoms with van der Waals surface area (Å²) in [6.45, 7) is 2.94. The van der Waals surface area contributed by atoms with Gasteiger partial charge in [0.1, 0.15) is 13.1 Å². The van der Waals surface area contributed by atoms with E-state index in [0.29, 0.717) is 29.5 Å². The fourth-order valence-corrected chi connectivity index (χ4v) is 2.94. The first-order chi connectivity index (χ1) is 13.2. The van der Waals surface area contributed by atoms with Crippen LogP contribution in [-0.2, 0) is 10.5 Å². The summed E-state index contributed by atoms with van der Waals surface area (Å²) in [5.74, 6) is 1.95. The summed E-state index contributed by atoms with van der Waals surface area (Å²) in [7, 11) is 1.59. The lowest BCUT2D eigenvalue weighted by atomic mass is 10.2. The van der Waals surface area contributed by atoms with Gasteiger partial charge < -0.3 is 15.4 Å². The van der Waals surface area contributed by atoms with E-state index in [9.17, 15) is 0 Å². The van der Waals surface area contributed by atoms with Crippen molar-refractivity contribution in [3.8, 4) is 5.95 Å². The van der Waals surface area contributed by atoms with Gasteiger partial charge in [0.25, 0.3) is 5.95 Å². The summed E-state index contributed by atoms with van der Waals surface area (Å²) >= 11 is 7.43. The molecule has 2 heterocycles. The Bertz CT molecular complexity index is 873. The lowest BCUT2D eigenvalue weighted by Gasteiger charge is -2.08. The molecule has 1 aromatic carbocycles. The highest BCUT2D eigenvalue weighted by Crippen LogP contribution is 2.21. The molecule has 11 heteroatoms. The van der Waals surface area contributed by atoms with Crippen molar-refractivity contribution in [2.45, 2.75) is 17.8 Å². The highest BCUT2D eigenvalue weighted by atomic mass is 35.5. The zero-order valence-corrected chi connectivity index (χ0v) is 16.5. The summed E-state index contributed by atoms with van der Waals surface area (Å²) in [6.07, 6.45) is 1.58. The van der Waals surface area contributed by atoms with E-state index in [-0.39, 0.29) is 6.73 Å². The molecule has 0 unspecified atom stereocenters. The summed E-state index contributed by atoms with van der Waals surface area (Å²) in [6, 6.07) is 7.69. The Morgan fingerprint density at radius 3 is 2.56 bits per heavy atom. The van der Waals surface area contributed by atoms with Crippen LogP contribution in [0.1, 0.15) is 12.5 Å². The molecule has 0 amide bonds. The Balaban J connectivity index is 1.74. The van der Waals surface area contributed by atoms with E-state index in [2.05, 4.69) is 35.7 Å². The number of thioether (sulfide) groups is 1. The van der Waals surface area contributed by atoms with Crippen molar-refractivity contribution in [1.82, 2.24) is 29.7 Å². The minimum atomic E-state index is 0.286. The van der Waals surface area contributed by atoms with Gasteiger partial charge in [0.15, 0.2) is 0 Å². The normalized spacial score (nSPS) is 10.8. The van der Waals surface area contributed by atoms with E-state index in [1.807, 2.05) is 31.2 Å². The van der Waals surface area contributed by atoms with Crippen LogP contribution < -0.4 is 10.6 Å². The van der Waals surface area contributed by atoms with Crippen LogP contribution in [0.3, 0.4) is 0 Å². The molecular weight excluding hydrogens is 388 g/mol. The minimum Gasteiger partial charge on any atom is -0.364 e. The maximum atomic E-state index is 5.91. The Labute approximate surface area is 165 Å². The monoisotopic (exact) mass is 406 g/mol. The van der Waals surface area contributed by atoms with Gasteiger partial charge in [-0.2, -0.15) is 19.6 Å². The first-order valence-corrected chi connectivity index (χ1v) is 9.56. The van der Waals surface area contributed by atoms with Crippen LogP contribution in [0.25, 0.3) is 5.95 Å². The number of benzene rings is 1. The number of hydrogen-bond acceptors (Lipinski definition) is 9. The van der Waals surface area contributed by atoms with Crippen molar-refractivity contribution >= 4 is 35.3 Å². The van der Waals surface area contributed by atoms with Crippen LogP contribution in [0.2, 0.25) is 5.02 Å². The maximum absolute atomic E-state index is 5.91. The van der Waals surface area contributed by atoms with E-state index in [0.717, 1.165) is 16.3 Å². The lowest BCUT2D eigenvalue weighted by Crippen LogP contribution is -2.14. The molecule has 0 aliphatic carbocycles. The van der Waals surface area contributed by atoms with Gasteiger partial charge in [-0.1, -0.05) is 35.5 Å². The van der Waals surface area contributed by atoms with Crippen molar-refractivity contribution in [3.05, 3.63) is 41.2 Å². The Morgan fingerprint density at radius 1 is 1.11 bits per heavy atom. The van der Waals surface area contributed by atoms with Crippen LogP contribution in [0.4, 0.5) is 11.9 Å². The SMILES string of the molecule is CCNc1nc(NCOC)nc(-n2cnc(SCc3ccc(Cl)cc3)n2)n1. The zero-order valence-electron chi connectivity index (χ0n) is 14.9. The largest absolute Gasteiger partial charge is 0.364 e. The standard InChI is InChI=1S/C16H19ClN8OS/c1-3-18-13-21-14(20-10-26-2)23-15(22-13)25-9-19-16(24-25)27-8-11-4-6-12(17)7-5-11/h4-7,9H,3,8,10H2,1-2H3,(H2,18,20,21,22,23). The maximum Gasteiger partial charge on any atom is 0.258 e. The fraction of sp³-hybridized carbons (Fsp3) is 0.312. The third-order valence-electron chi connectivity index (χ3n) is 3.29. The molecule has 0 radical (unpaired) electrons. The molecule has 0 saturated heterocycles. The second-order valence-electron chi connectivity index (χ2n) is 5.31. The van der Waals surface area contributed by atoms with Crippen LogP contribution >= 0.6 is 23.4 Å². The summed E-state index contributed by atoms with van der Waals surface area (Å²) in [5, 5.41) is 11.8. The van der Waals surface area contributed by atoms with Gasteiger partial charge in [0.2, 0.25) is 17.1 Å². The number of anilines is 2. The topological polar surface area (TPSA) is 103 Å². The van der Waals surface area contributed by atoms with Gasteiger partial charge in [-0.3, -0.25) is 0 Å². The number of methoxy groups -OCH3 is 1. The number of rotatable bonds is 9. The van der Waals surface area contributed by atoms with Crippen LogP contribution in [0.5, 0.6) is 0 Å². The van der Waals surface area contributed by atoms with Crippen LogP contribution in [0.15, 0.2) is 35.7 Å². The zero-order chi connectivity index (χ0) is 19.1. The molecular formula is C16H19ClN8OS. The molecule has 9 nitrogen and oxygen atoms in total. The van der Waals surface area contributed by atoms with Gasteiger partial charge in [0.05, 0.1) is 0 Å². The number of hydrogen-bond donors (Lipinski definition) is 2. The number of halogens is 1. The predicted molar refractivity (Wildman–Crippen MR) is 105 cm³/mol. The third-order valence-corrected chi connectivity index (χ3v) is 4.46. The Hall–Kier alpha value is -2.43. The molecule has 0 aliphatic heterocycles. The molecule has 0 bridgehead atoms. The molecule has 27 heavy (non-hydrogen) atoms. The molecule has 2 aromatic heterocycles. The molecule has 3 rings (SSSR count). The molecule has 0 aliphatic rings. The van der Waals surface area contributed by atoms with Crippen molar-refractivity contribution in [1.29, 1.82) is 0 Å². The van der Waals surface area contributed by atoms with Gasteiger partial charge >= 0.3 is 0 Å². The molecule has 0 saturated carbocycles. The van der Waals surface area contributed by atoms with Crippen molar-refractivity contribution in [3.63, 3.8) is 0 Å². The number of ether oxygens (including phenoxy) is 1. The number of nitrogens with zero attached hydrogens (tertiary/aromatic N) is 6. The number of nitrogens with one attached hydrogen (secondary N) is 2. The quantitative estimate of drug-likeness (QED) is 0.410. The molecule has 142 valence electrons.